The van der Waals surface area contributed by atoms with Gasteiger partial charge in [0.15, 0.2) is 0 Å². The van der Waals surface area contributed by atoms with Gasteiger partial charge in [-0.2, -0.15) is 21.5 Å². The summed E-state index contributed by atoms with van der Waals surface area (Å²) in [7, 11) is -2.49. The number of halogens is 3. The molecular formula is C10H13ClF2N2O3S. The van der Waals surface area contributed by atoms with Crippen LogP contribution in [0.5, 0.6) is 5.75 Å². The predicted octanol–water partition coefficient (Wildman–Crippen LogP) is 2.55. The fourth-order valence-electron chi connectivity index (χ4n) is 1.17. The van der Waals surface area contributed by atoms with Gasteiger partial charge in [0, 0.05) is 18.6 Å². The van der Waals surface area contributed by atoms with Gasteiger partial charge in [-0.25, -0.2) is 0 Å². The molecule has 0 unspecified atom stereocenters. The lowest BCUT2D eigenvalue weighted by Gasteiger charge is -2.18. The van der Waals surface area contributed by atoms with E-state index in [2.05, 4.69) is 9.46 Å². The maximum absolute atomic E-state index is 12.2. The molecule has 0 spiro atoms. The van der Waals surface area contributed by atoms with Crippen molar-refractivity contribution in [2.75, 3.05) is 18.3 Å². The Morgan fingerprint density at radius 1 is 1.47 bits per heavy atom. The molecule has 0 radical (unpaired) electrons. The lowest BCUT2D eigenvalue weighted by Crippen LogP contribution is -2.32. The molecule has 1 aromatic rings. The van der Waals surface area contributed by atoms with Crippen molar-refractivity contribution in [3.8, 4) is 5.75 Å². The first-order valence-electron chi connectivity index (χ1n) is 5.24. The van der Waals surface area contributed by atoms with Crippen LogP contribution >= 0.6 is 11.6 Å². The van der Waals surface area contributed by atoms with Gasteiger partial charge in [-0.15, -0.1) is 0 Å². The van der Waals surface area contributed by atoms with E-state index in [1.54, 1.807) is 6.92 Å². The normalized spacial score (nSPS) is 11.9. The lowest BCUT2D eigenvalue weighted by atomic mass is 10.3. The van der Waals surface area contributed by atoms with Gasteiger partial charge in [-0.05, 0) is 18.2 Å². The highest BCUT2D eigenvalue weighted by Gasteiger charge is 2.19. The first-order valence-corrected chi connectivity index (χ1v) is 7.06. The summed E-state index contributed by atoms with van der Waals surface area (Å²) in [6, 6.07) is 3.68. The van der Waals surface area contributed by atoms with E-state index in [0.29, 0.717) is 0 Å². The van der Waals surface area contributed by atoms with Crippen molar-refractivity contribution >= 4 is 27.5 Å². The molecule has 1 N–H and O–H groups in total. The maximum Gasteiger partial charge on any atom is 0.387 e. The number of ether oxygens (including phenoxy) is 1. The van der Waals surface area contributed by atoms with Gasteiger partial charge in [-0.3, -0.25) is 4.72 Å². The Balaban J connectivity index is 3.08. The van der Waals surface area contributed by atoms with Gasteiger partial charge >= 0.3 is 16.8 Å². The van der Waals surface area contributed by atoms with Gasteiger partial charge < -0.3 is 4.74 Å². The fraction of sp³-hybridized carbons (Fsp3) is 0.400. The van der Waals surface area contributed by atoms with Gasteiger partial charge in [0.25, 0.3) is 0 Å². The van der Waals surface area contributed by atoms with Crippen LogP contribution in [0.25, 0.3) is 0 Å². The van der Waals surface area contributed by atoms with Gasteiger partial charge in [0.2, 0.25) is 0 Å². The molecule has 0 aliphatic rings. The SMILES string of the molecule is CCN(C)S(=O)(=O)Nc1cc(Cl)ccc1OC(F)F. The van der Waals surface area contributed by atoms with E-state index >= 15 is 0 Å². The molecule has 19 heavy (non-hydrogen) atoms. The van der Waals surface area contributed by atoms with Crippen LogP contribution < -0.4 is 9.46 Å². The molecule has 0 aliphatic heterocycles. The smallest absolute Gasteiger partial charge is 0.387 e. The Morgan fingerprint density at radius 2 is 2.11 bits per heavy atom. The number of hydrogen-bond donors (Lipinski definition) is 1. The summed E-state index contributed by atoms with van der Waals surface area (Å²) in [5.74, 6) is -0.299. The summed E-state index contributed by atoms with van der Waals surface area (Å²) >= 11 is 5.70. The molecule has 1 aromatic carbocycles. The number of benzene rings is 1. The van der Waals surface area contributed by atoms with E-state index in [1.165, 1.54) is 19.2 Å². The molecule has 5 nitrogen and oxygen atoms in total. The standard InChI is InChI=1S/C10H13ClF2N2O3S/c1-3-15(2)19(16,17)14-8-6-7(11)4-5-9(8)18-10(12)13/h4-6,10,14H,3H2,1-2H3. The van der Waals surface area contributed by atoms with Crippen molar-refractivity contribution in [3.63, 3.8) is 0 Å². The molecule has 0 saturated heterocycles. The van der Waals surface area contributed by atoms with E-state index in [1.807, 2.05) is 0 Å². The Labute approximate surface area is 115 Å². The Bertz CT molecular complexity index is 540. The minimum atomic E-state index is -3.84. The molecular weight excluding hydrogens is 302 g/mol. The number of nitrogens with zero attached hydrogens (tertiary/aromatic N) is 1. The van der Waals surface area contributed by atoms with E-state index in [0.717, 1.165) is 10.4 Å². The monoisotopic (exact) mass is 314 g/mol. The van der Waals surface area contributed by atoms with Crippen LogP contribution in [0.1, 0.15) is 6.92 Å². The highest BCUT2D eigenvalue weighted by molar-refractivity contribution is 7.90. The summed E-state index contributed by atoms with van der Waals surface area (Å²) in [5, 5.41) is 0.193. The van der Waals surface area contributed by atoms with Crippen molar-refractivity contribution in [1.29, 1.82) is 0 Å². The molecule has 0 bridgehead atoms. The Hall–Kier alpha value is -1.12. The van der Waals surface area contributed by atoms with Gasteiger partial charge in [0.05, 0.1) is 5.69 Å². The molecule has 0 saturated carbocycles. The minimum absolute atomic E-state index is 0.145. The lowest BCUT2D eigenvalue weighted by molar-refractivity contribution is -0.0493. The highest BCUT2D eigenvalue weighted by atomic mass is 35.5. The van der Waals surface area contributed by atoms with Crippen LogP contribution in [-0.2, 0) is 10.2 Å². The summed E-state index contributed by atoms with van der Waals surface area (Å²) in [4.78, 5) is 0. The molecule has 0 amide bonds. The Kier molecular flexibility index (Phi) is 5.33. The molecule has 108 valence electrons. The van der Waals surface area contributed by atoms with Crippen LogP contribution in [0.4, 0.5) is 14.5 Å². The third-order valence-corrected chi connectivity index (χ3v) is 4.04. The summed E-state index contributed by atoms with van der Waals surface area (Å²) < 4.78 is 55.4. The molecule has 9 heteroatoms. The first-order chi connectivity index (χ1) is 8.76. The summed E-state index contributed by atoms with van der Waals surface area (Å²) in [6.07, 6.45) is 0. The fourth-order valence-corrected chi connectivity index (χ4v) is 2.27. The van der Waals surface area contributed by atoms with E-state index < -0.39 is 16.8 Å². The second-order valence-electron chi connectivity index (χ2n) is 3.54. The number of anilines is 1. The zero-order chi connectivity index (χ0) is 14.6. The summed E-state index contributed by atoms with van der Waals surface area (Å²) in [5.41, 5.74) is -0.145. The van der Waals surface area contributed by atoms with Crippen LogP contribution in [0.15, 0.2) is 18.2 Å². The molecule has 0 aromatic heterocycles. The van der Waals surface area contributed by atoms with Crippen molar-refractivity contribution in [2.45, 2.75) is 13.5 Å². The largest absolute Gasteiger partial charge is 0.433 e. The Morgan fingerprint density at radius 3 is 2.63 bits per heavy atom. The minimum Gasteiger partial charge on any atom is -0.433 e. The van der Waals surface area contributed by atoms with Crippen LogP contribution in [0, 0.1) is 0 Å². The van der Waals surface area contributed by atoms with E-state index in [-0.39, 0.29) is 23.0 Å². The zero-order valence-corrected chi connectivity index (χ0v) is 11.8. The van der Waals surface area contributed by atoms with Gasteiger partial charge in [-0.1, -0.05) is 18.5 Å². The van der Waals surface area contributed by atoms with Crippen LogP contribution in [0.3, 0.4) is 0 Å². The average molecular weight is 315 g/mol. The van der Waals surface area contributed by atoms with E-state index in [9.17, 15) is 17.2 Å². The second kappa shape index (κ2) is 6.36. The molecule has 0 heterocycles. The number of rotatable bonds is 6. The van der Waals surface area contributed by atoms with Crippen molar-refractivity contribution in [3.05, 3.63) is 23.2 Å². The van der Waals surface area contributed by atoms with Gasteiger partial charge in [0.1, 0.15) is 5.75 Å². The van der Waals surface area contributed by atoms with Crippen LogP contribution in [-0.4, -0.2) is 32.9 Å². The van der Waals surface area contributed by atoms with Crippen molar-refractivity contribution < 1.29 is 21.9 Å². The topological polar surface area (TPSA) is 58.6 Å². The van der Waals surface area contributed by atoms with Crippen molar-refractivity contribution in [2.24, 2.45) is 0 Å². The van der Waals surface area contributed by atoms with Crippen LogP contribution in [0.2, 0.25) is 5.02 Å². The highest BCUT2D eigenvalue weighted by Crippen LogP contribution is 2.30. The average Bonchev–Trinajstić information content (AvgIpc) is 2.30. The van der Waals surface area contributed by atoms with Crippen molar-refractivity contribution in [1.82, 2.24) is 4.31 Å². The summed E-state index contributed by atoms with van der Waals surface area (Å²) in [6.45, 7) is -1.21. The maximum atomic E-state index is 12.2. The zero-order valence-electron chi connectivity index (χ0n) is 10.2. The number of nitrogens with one attached hydrogen (secondary N) is 1. The molecule has 0 aliphatic carbocycles. The molecule has 0 atom stereocenters. The predicted molar refractivity (Wildman–Crippen MR) is 68.9 cm³/mol. The first kappa shape index (κ1) is 15.9. The number of alkyl halides is 2. The second-order valence-corrected chi connectivity index (χ2v) is 5.75. The molecule has 1 rings (SSSR count). The molecule has 0 fully saturated rings. The number of hydrogen-bond acceptors (Lipinski definition) is 3. The third-order valence-electron chi connectivity index (χ3n) is 2.25. The quantitative estimate of drug-likeness (QED) is 0.878. The third kappa shape index (κ3) is 4.48. The van der Waals surface area contributed by atoms with E-state index in [4.69, 9.17) is 11.6 Å².